The lowest BCUT2D eigenvalue weighted by Gasteiger charge is -2.43. The van der Waals surface area contributed by atoms with Crippen molar-refractivity contribution in [3.8, 4) is 0 Å². The zero-order valence-corrected chi connectivity index (χ0v) is 19.5. The second kappa shape index (κ2) is 10.5. The number of aliphatic hydroxyl groups is 1. The Balaban J connectivity index is 1.49. The molecule has 0 bridgehead atoms. The molecule has 2 aliphatic rings. The molecular weight excluding hydrogens is 468 g/mol. The molecule has 0 aliphatic carbocycles. The van der Waals surface area contributed by atoms with Crippen LogP contribution in [0.4, 0.5) is 5.69 Å². The minimum Gasteiger partial charge on any atom is -0.389 e. The Labute approximate surface area is 198 Å². The number of halogens is 1. The number of benzene rings is 2. The van der Waals surface area contributed by atoms with Gasteiger partial charge in [-0.15, -0.1) is 0 Å². The lowest BCUT2D eigenvalue weighted by Crippen LogP contribution is -2.57. The molecule has 2 saturated heterocycles. The van der Waals surface area contributed by atoms with Gasteiger partial charge in [-0.2, -0.15) is 4.31 Å². The first-order valence-corrected chi connectivity index (χ1v) is 12.7. The number of carbonyl (C=O) groups excluding carboxylic acids is 1. The third kappa shape index (κ3) is 5.92. The predicted molar refractivity (Wildman–Crippen MR) is 124 cm³/mol. The Morgan fingerprint density at radius 1 is 1.12 bits per heavy atom. The fourth-order valence-corrected chi connectivity index (χ4v) is 6.29. The number of amides is 1. The van der Waals surface area contributed by atoms with E-state index in [4.69, 9.17) is 21.1 Å². The average Bonchev–Trinajstić information content (AvgIpc) is 2.77. The molecule has 0 unspecified atom stereocenters. The Hall–Kier alpha value is -2.01. The number of fused-ring (bicyclic) bond motifs is 1. The second-order valence-electron chi connectivity index (χ2n) is 8.28. The number of aliphatic hydroxyl groups excluding tert-OH is 1. The number of sulfonamides is 1. The van der Waals surface area contributed by atoms with Crippen molar-refractivity contribution in [1.29, 1.82) is 0 Å². The molecule has 0 aromatic heterocycles. The van der Waals surface area contributed by atoms with Gasteiger partial charge in [0.25, 0.3) is 0 Å². The SMILES string of the molecule is O=C(C[C@H]1CC[C@@H]2[C@H](COC[C@H](O)CN2S(=O)(=O)c2cccc(Cl)c2)O1)Nc1ccccc1. The van der Waals surface area contributed by atoms with E-state index in [2.05, 4.69) is 5.32 Å². The number of β-amino-alcohol motifs (C(OH)–C–C–N with tert-alkyl or cyclic N) is 1. The van der Waals surface area contributed by atoms with Crippen LogP contribution < -0.4 is 5.32 Å². The fourth-order valence-electron chi connectivity index (χ4n) is 4.27. The van der Waals surface area contributed by atoms with Gasteiger partial charge in [0.05, 0.1) is 48.9 Å². The molecule has 33 heavy (non-hydrogen) atoms. The molecule has 2 heterocycles. The van der Waals surface area contributed by atoms with Gasteiger partial charge in [-0.1, -0.05) is 35.9 Å². The summed E-state index contributed by atoms with van der Waals surface area (Å²) in [6.07, 6.45) is -0.755. The number of nitrogens with zero attached hydrogens (tertiary/aromatic N) is 1. The van der Waals surface area contributed by atoms with Crippen molar-refractivity contribution in [1.82, 2.24) is 4.31 Å². The summed E-state index contributed by atoms with van der Waals surface area (Å²) < 4.78 is 40.0. The van der Waals surface area contributed by atoms with Crippen LogP contribution in [0.2, 0.25) is 5.02 Å². The standard InChI is InChI=1S/C23H27ClN2O6S/c24-16-5-4-8-20(11-16)33(29,30)26-13-18(27)14-31-15-22-21(26)10-9-19(32-22)12-23(28)25-17-6-2-1-3-7-17/h1-8,11,18-19,21-22,27H,9-10,12-15H2,(H,25,28)/t18-,19-,21-,22+/m1/s1. The highest BCUT2D eigenvalue weighted by Gasteiger charge is 2.43. The Morgan fingerprint density at radius 2 is 1.91 bits per heavy atom. The van der Waals surface area contributed by atoms with Crippen LogP contribution in [0.3, 0.4) is 0 Å². The molecule has 0 radical (unpaired) electrons. The van der Waals surface area contributed by atoms with Gasteiger partial charge in [-0.25, -0.2) is 8.42 Å². The van der Waals surface area contributed by atoms with Crippen molar-refractivity contribution in [3.63, 3.8) is 0 Å². The monoisotopic (exact) mass is 494 g/mol. The number of hydrogen-bond donors (Lipinski definition) is 2. The molecule has 2 aromatic rings. The predicted octanol–water partition coefficient (Wildman–Crippen LogP) is 2.67. The van der Waals surface area contributed by atoms with Crippen molar-refractivity contribution in [3.05, 3.63) is 59.6 Å². The van der Waals surface area contributed by atoms with Crippen molar-refractivity contribution in [2.75, 3.05) is 25.1 Å². The summed E-state index contributed by atoms with van der Waals surface area (Å²) in [7, 11) is -3.93. The Morgan fingerprint density at radius 3 is 2.67 bits per heavy atom. The number of carbonyl (C=O) groups is 1. The van der Waals surface area contributed by atoms with E-state index < -0.39 is 28.3 Å². The number of ether oxygens (including phenoxy) is 2. The first-order valence-electron chi connectivity index (χ1n) is 10.9. The second-order valence-corrected chi connectivity index (χ2v) is 10.6. The molecule has 178 valence electrons. The van der Waals surface area contributed by atoms with Crippen molar-refractivity contribution >= 4 is 33.2 Å². The maximum atomic E-state index is 13.5. The Bertz CT molecular complexity index is 1070. The quantitative estimate of drug-likeness (QED) is 0.662. The molecule has 10 heteroatoms. The van der Waals surface area contributed by atoms with E-state index in [1.165, 1.54) is 16.4 Å². The van der Waals surface area contributed by atoms with Crippen LogP contribution >= 0.6 is 11.6 Å². The number of anilines is 1. The van der Waals surface area contributed by atoms with Gasteiger partial charge >= 0.3 is 0 Å². The molecule has 4 atom stereocenters. The highest BCUT2D eigenvalue weighted by Crippen LogP contribution is 2.32. The van der Waals surface area contributed by atoms with Crippen LogP contribution in [0, 0.1) is 0 Å². The van der Waals surface area contributed by atoms with Crippen LogP contribution in [0.5, 0.6) is 0 Å². The fraction of sp³-hybridized carbons (Fsp3) is 0.435. The van der Waals surface area contributed by atoms with Gasteiger partial charge < -0.3 is 19.9 Å². The number of nitrogens with one attached hydrogen (secondary N) is 1. The molecule has 0 saturated carbocycles. The molecule has 2 N–H and O–H groups in total. The van der Waals surface area contributed by atoms with Gasteiger partial charge in [-0.3, -0.25) is 4.79 Å². The summed E-state index contributed by atoms with van der Waals surface area (Å²) in [5.74, 6) is -0.171. The highest BCUT2D eigenvalue weighted by molar-refractivity contribution is 7.89. The Kier molecular flexibility index (Phi) is 7.68. The van der Waals surface area contributed by atoms with E-state index in [0.717, 1.165) is 0 Å². The molecule has 2 aromatic carbocycles. The van der Waals surface area contributed by atoms with Gasteiger partial charge in [0.1, 0.15) is 0 Å². The molecule has 1 amide bonds. The minimum atomic E-state index is -3.93. The highest BCUT2D eigenvalue weighted by atomic mass is 35.5. The van der Waals surface area contributed by atoms with E-state index in [1.807, 2.05) is 30.3 Å². The normalized spacial score (nSPS) is 26.6. The maximum Gasteiger partial charge on any atom is 0.243 e. The van der Waals surface area contributed by atoms with Crippen LogP contribution in [0.25, 0.3) is 0 Å². The molecule has 8 nitrogen and oxygen atoms in total. The van der Waals surface area contributed by atoms with E-state index in [1.54, 1.807) is 12.1 Å². The van der Waals surface area contributed by atoms with E-state index in [0.29, 0.717) is 23.6 Å². The van der Waals surface area contributed by atoms with Crippen LogP contribution in [0.15, 0.2) is 59.5 Å². The first-order chi connectivity index (χ1) is 15.8. The van der Waals surface area contributed by atoms with Crippen LogP contribution in [-0.2, 0) is 24.3 Å². The van der Waals surface area contributed by atoms with Crippen molar-refractivity contribution < 1.29 is 27.8 Å². The largest absolute Gasteiger partial charge is 0.389 e. The number of rotatable bonds is 5. The summed E-state index contributed by atoms with van der Waals surface area (Å²) in [4.78, 5) is 12.5. The third-order valence-electron chi connectivity index (χ3n) is 5.81. The molecule has 4 rings (SSSR count). The summed E-state index contributed by atoms with van der Waals surface area (Å²) in [5, 5.41) is 13.5. The topological polar surface area (TPSA) is 105 Å². The maximum absolute atomic E-state index is 13.5. The third-order valence-corrected chi connectivity index (χ3v) is 7.93. The zero-order valence-electron chi connectivity index (χ0n) is 18.0. The summed E-state index contributed by atoms with van der Waals surface area (Å²) >= 11 is 6.02. The first kappa shape index (κ1) is 24.1. The minimum absolute atomic E-state index is 0.00664. The molecule has 0 spiro atoms. The van der Waals surface area contributed by atoms with Crippen LogP contribution in [0.1, 0.15) is 19.3 Å². The van der Waals surface area contributed by atoms with E-state index >= 15 is 0 Å². The lowest BCUT2D eigenvalue weighted by atomic mass is 9.96. The van der Waals surface area contributed by atoms with Gasteiger partial charge in [0.15, 0.2) is 0 Å². The molecular formula is C23H27ClN2O6S. The van der Waals surface area contributed by atoms with Gasteiger partial charge in [0, 0.05) is 17.3 Å². The summed E-state index contributed by atoms with van der Waals surface area (Å²) in [5.41, 5.74) is 0.707. The summed E-state index contributed by atoms with van der Waals surface area (Å²) in [6.45, 7) is 0.00589. The van der Waals surface area contributed by atoms with Crippen molar-refractivity contribution in [2.24, 2.45) is 0 Å². The summed E-state index contributed by atoms with van der Waals surface area (Å²) in [6, 6.07) is 14.7. The zero-order chi connectivity index (χ0) is 23.4. The van der Waals surface area contributed by atoms with E-state index in [9.17, 15) is 18.3 Å². The van der Waals surface area contributed by atoms with Gasteiger partial charge in [0.2, 0.25) is 15.9 Å². The number of para-hydroxylation sites is 1. The average molecular weight is 495 g/mol. The van der Waals surface area contributed by atoms with Crippen molar-refractivity contribution in [2.45, 2.75) is 48.5 Å². The lowest BCUT2D eigenvalue weighted by molar-refractivity contribution is -0.144. The van der Waals surface area contributed by atoms with E-state index in [-0.39, 0.29) is 43.1 Å². The molecule has 2 aliphatic heterocycles. The van der Waals surface area contributed by atoms with Crippen LogP contribution in [-0.4, -0.2) is 67.8 Å². The smallest absolute Gasteiger partial charge is 0.243 e. The molecule has 2 fully saturated rings. The van der Waals surface area contributed by atoms with Gasteiger partial charge in [-0.05, 0) is 43.2 Å². The number of hydrogen-bond acceptors (Lipinski definition) is 6.